The van der Waals surface area contributed by atoms with Crippen molar-refractivity contribution in [2.75, 3.05) is 7.11 Å². The summed E-state index contributed by atoms with van der Waals surface area (Å²) in [6.07, 6.45) is 0. The molecule has 0 fully saturated rings. The summed E-state index contributed by atoms with van der Waals surface area (Å²) in [5.41, 5.74) is 2.15. The Hall–Kier alpha value is -1.20. The molecule has 78 valence electrons. The van der Waals surface area contributed by atoms with E-state index in [0.717, 1.165) is 16.3 Å². The lowest BCUT2D eigenvalue weighted by Gasteiger charge is -2.05. The van der Waals surface area contributed by atoms with Crippen LogP contribution in [-0.4, -0.2) is 17.3 Å². The molecule has 1 aromatic carbocycles. The molecule has 0 radical (unpaired) electrons. The van der Waals surface area contributed by atoms with Crippen LogP contribution in [0.4, 0.5) is 0 Å². The van der Waals surface area contributed by atoms with Gasteiger partial charge in [-0.25, -0.2) is 0 Å². The van der Waals surface area contributed by atoms with Crippen molar-refractivity contribution in [3.63, 3.8) is 0 Å². The van der Waals surface area contributed by atoms with Crippen molar-refractivity contribution in [3.05, 3.63) is 27.7 Å². The first-order valence-corrected chi connectivity index (χ1v) is 5.63. The molecule has 0 saturated carbocycles. The number of nitrogens with zero attached hydrogens (tertiary/aromatic N) is 1. The molecular formula is C10H10N2OS2. The molecule has 0 atom stereocenters. The minimum absolute atomic E-state index is 0.675. The SMILES string of the molecule is COc1ccc(C)cc1-c1n[nH]c(=S)s1. The van der Waals surface area contributed by atoms with Crippen molar-refractivity contribution in [1.29, 1.82) is 0 Å². The molecule has 0 aliphatic rings. The second-order valence-corrected chi connectivity index (χ2v) is 4.79. The van der Waals surface area contributed by atoms with Gasteiger partial charge in [0.05, 0.1) is 12.7 Å². The number of hydrogen-bond acceptors (Lipinski definition) is 4. The fourth-order valence-electron chi connectivity index (χ4n) is 1.33. The standard InChI is InChI=1S/C10H10N2OS2/c1-6-3-4-8(13-2)7(5-6)9-11-12-10(14)15-9/h3-5H,1-2H3,(H,12,14). The molecule has 0 spiro atoms. The number of aryl methyl sites for hydroxylation is 1. The van der Waals surface area contributed by atoms with Crippen LogP contribution in [0, 0.1) is 10.9 Å². The molecule has 0 aliphatic carbocycles. The van der Waals surface area contributed by atoms with Gasteiger partial charge in [-0.2, -0.15) is 5.10 Å². The van der Waals surface area contributed by atoms with Crippen molar-refractivity contribution in [2.24, 2.45) is 0 Å². The number of aromatic nitrogens is 2. The topological polar surface area (TPSA) is 37.9 Å². The largest absolute Gasteiger partial charge is 0.496 e. The molecule has 5 heteroatoms. The van der Waals surface area contributed by atoms with E-state index in [9.17, 15) is 0 Å². The van der Waals surface area contributed by atoms with Crippen molar-refractivity contribution < 1.29 is 4.74 Å². The number of nitrogens with one attached hydrogen (secondary N) is 1. The minimum Gasteiger partial charge on any atom is -0.496 e. The van der Waals surface area contributed by atoms with Crippen LogP contribution < -0.4 is 4.74 Å². The van der Waals surface area contributed by atoms with E-state index < -0.39 is 0 Å². The van der Waals surface area contributed by atoms with Crippen LogP contribution in [0.5, 0.6) is 5.75 Å². The van der Waals surface area contributed by atoms with Crippen molar-refractivity contribution in [2.45, 2.75) is 6.92 Å². The maximum absolute atomic E-state index is 5.28. The van der Waals surface area contributed by atoms with Crippen molar-refractivity contribution >= 4 is 23.6 Å². The van der Waals surface area contributed by atoms with E-state index in [0.29, 0.717) is 3.95 Å². The third-order valence-electron chi connectivity index (χ3n) is 2.02. The lowest BCUT2D eigenvalue weighted by molar-refractivity contribution is 0.416. The monoisotopic (exact) mass is 238 g/mol. The molecule has 0 amide bonds. The summed E-state index contributed by atoms with van der Waals surface area (Å²) in [7, 11) is 1.65. The number of H-pyrrole nitrogens is 1. The number of benzene rings is 1. The zero-order valence-electron chi connectivity index (χ0n) is 8.40. The normalized spacial score (nSPS) is 10.3. The third kappa shape index (κ3) is 2.08. The van der Waals surface area contributed by atoms with Gasteiger partial charge in [-0.05, 0) is 31.3 Å². The molecule has 0 bridgehead atoms. The van der Waals surface area contributed by atoms with Gasteiger partial charge in [0, 0.05) is 0 Å². The predicted octanol–water partition coefficient (Wildman–Crippen LogP) is 3.18. The molecule has 2 rings (SSSR count). The van der Waals surface area contributed by atoms with Gasteiger partial charge in [-0.1, -0.05) is 23.0 Å². The van der Waals surface area contributed by atoms with Gasteiger partial charge < -0.3 is 4.74 Å². The summed E-state index contributed by atoms with van der Waals surface area (Å²) in [4.78, 5) is 0. The van der Waals surface area contributed by atoms with E-state index in [-0.39, 0.29) is 0 Å². The Morgan fingerprint density at radius 3 is 2.87 bits per heavy atom. The number of hydrogen-bond donors (Lipinski definition) is 1. The Labute approximate surface area is 96.7 Å². The number of aromatic amines is 1. The molecule has 1 N–H and O–H groups in total. The lowest BCUT2D eigenvalue weighted by atomic mass is 10.1. The molecule has 0 aliphatic heterocycles. The van der Waals surface area contributed by atoms with Crippen LogP contribution >= 0.6 is 23.6 Å². The van der Waals surface area contributed by atoms with Gasteiger partial charge in [-0.15, -0.1) is 0 Å². The van der Waals surface area contributed by atoms with Crippen molar-refractivity contribution in [1.82, 2.24) is 10.2 Å². The maximum atomic E-state index is 5.28. The van der Waals surface area contributed by atoms with E-state index in [4.69, 9.17) is 17.0 Å². The second-order valence-electron chi connectivity index (χ2n) is 3.12. The van der Waals surface area contributed by atoms with E-state index in [1.165, 1.54) is 16.9 Å². The highest BCUT2D eigenvalue weighted by molar-refractivity contribution is 7.73. The van der Waals surface area contributed by atoms with Gasteiger partial charge in [0.15, 0.2) is 3.95 Å². The van der Waals surface area contributed by atoms with Crippen LogP contribution in [0.3, 0.4) is 0 Å². The van der Waals surface area contributed by atoms with Gasteiger partial charge in [0.1, 0.15) is 10.8 Å². The first-order valence-electron chi connectivity index (χ1n) is 4.41. The molecular weight excluding hydrogens is 228 g/mol. The molecule has 2 aromatic rings. The lowest BCUT2D eigenvalue weighted by Crippen LogP contribution is -1.88. The second kappa shape index (κ2) is 4.12. The summed E-state index contributed by atoms with van der Waals surface area (Å²) in [5, 5.41) is 7.77. The van der Waals surface area contributed by atoms with Crippen LogP contribution in [-0.2, 0) is 0 Å². The molecule has 15 heavy (non-hydrogen) atoms. The highest BCUT2D eigenvalue weighted by atomic mass is 32.1. The zero-order valence-corrected chi connectivity index (χ0v) is 10.0. The highest BCUT2D eigenvalue weighted by Crippen LogP contribution is 2.31. The Morgan fingerprint density at radius 1 is 1.47 bits per heavy atom. The Morgan fingerprint density at radius 2 is 2.27 bits per heavy atom. The summed E-state index contributed by atoms with van der Waals surface area (Å²) in [6.45, 7) is 2.04. The van der Waals surface area contributed by atoms with Gasteiger partial charge >= 0.3 is 0 Å². The smallest absolute Gasteiger partial charge is 0.176 e. The number of rotatable bonds is 2. The van der Waals surface area contributed by atoms with Crippen LogP contribution in [0.25, 0.3) is 10.6 Å². The summed E-state index contributed by atoms with van der Waals surface area (Å²) >= 11 is 6.45. The maximum Gasteiger partial charge on any atom is 0.176 e. The van der Waals surface area contributed by atoms with E-state index in [2.05, 4.69) is 10.2 Å². The van der Waals surface area contributed by atoms with E-state index >= 15 is 0 Å². The summed E-state index contributed by atoms with van der Waals surface area (Å²) < 4.78 is 5.96. The van der Waals surface area contributed by atoms with Crippen LogP contribution in [0.1, 0.15) is 5.56 Å². The highest BCUT2D eigenvalue weighted by Gasteiger charge is 2.08. The predicted molar refractivity (Wildman–Crippen MR) is 64.0 cm³/mol. The summed E-state index contributed by atoms with van der Waals surface area (Å²) in [5.74, 6) is 0.818. The van der Waals surface area contributed by atoms with Crippen LogP contribution in [0.2, 0.25) is 0 Å². The van der Waals surface area contributed by atoms with Gasteiger partial charge in [0.25, 0.3) is 0 Å². The average molecular weight is 238 g/mol. The molecule has 1 aromatic heterocycles. The summed E-state index contributed by atoms with van der Waals surface area (Å²) in [6, 6.07) is 5.99. The minimum atomic E-state index is 0.675. The number of methoxy groups -OCH3 is 1. The zero-order chi connectivity index (χ0) is 10.8. The van der Waals surface area contributed by atoms with E-state index in [1.807, 2.05) is 25.1 Å². The Bertz CT molecular complexity index is 530. The van der Waals surface area contributed by atoms with Crippen molar-refractivity contribution in [3.8, 4) is 16.3 Å². The first-order chi connectivity index (χ1) is 7.20. The number of ether oxygens (including phenoxy) is 1. The molecule has 0 unspecified atom stereocenters. The molecule has 1 heterocycles. The fraction of sp³-hybridized carbons (Fsp3) is 0.200. The van der Waals surface area contributed by atoms with E-state index in [1.54, 1.807) is 7.11 Å². The first kappa shape index (κ1) is 10.3. The third-order valence-corrected chi connectivity index (χ3v) is 3.15. The van der Waals surface area contributed by atoms with Gasteiger partial charge in [-0.3, -0.25) is 5.10 Å². The fourth-order valence-corrected chi connectivity index (χ4v) is 2.24. The van der Waals surface area contributed by atoms with Gasteiger partial charge in [0.2, 0.25) is 0 Å². The average Bonchev–Trinajstić information content (AvgIpc) is 2.65. The Balaban J connectivity index is 2.59. The molecule has 0 saturated heterocycles. The quantitative estimate of drug-likeness (QED) is 0.816. The van der Waals surface area contributed by atoms with Crippen LogP contribution in [0.15, 0.2) is 18.2 Å². The molecule has 3 nitrogen and oxygen atoms in total. The Kier molecular flexibility index (Phi) is 2.83.